The topological polar surface area (TPSA) is 99.6 Å². The van der Waals surface area contributed by atoms with Crippen LogP contribution in [0.4, 0.5) is 0 Å². The van der Waals surface area contributed by atoms with Gasteiger partial charge in [0.25, 0.3) is 10.0 Å². The van der Waals surface area contributed by atoms with Crippen molar-refractivity contribution in [1.29, 1.82) is 0 Å². The molecule has 156 valence electrons. The van der Waals surface area contributed by atoms with Crippen LogP contribution in [0.25, 0.3) is 10.9 Å². The number of aromatic hydroxyl groups is 1. The summed E-state index contributed by atoms with van der Waals surface area (Å²) in [6.07, 6.45) is 0. The number of aromatic amines is 1. The third kappa shape index (κ3) is 4.00. The first kappa shape index (κ1) is 20.6. The highest BCUT2D eigenvalue weighted by Crippen LogP contribution is 2.31. The van der Waals surface area contributed by atoms with Crippen molar-refractivity contribution < 1.29 is 18.3 Å². The number of fused-ring (bicyclic) bond motifs is 1. The molecule has 0 saturated carbocycles. The maximum absolute atomic E-state index is 13.3. The molecule has 0 radical (unpaired) electrons. The number of hydrogen-bond donors (Lipinski definition) is 2. The van der Waals surface area contributed by atoms with E-state index in [2.05, 4.69) is 9.38 Å². The zero-order valence-corrected chi connectivity index (χ0v) is 17.8. The van der Waals surface area contributed by atoms with Crippen LogP contribution >= 0.6 is 0 Å². The second-order valence-electron chi connectivity index (χ2n) is 7.32. The molecule has 7 heteroatoms. The van der Waals surface area contributed by atoms with E-state index < -0.39 is 15.8 Å². The van der Waals surface area contributed by atoms with Crippen LogP contribution in [0, 0.1) is 13.8 Å². The van der Waals surface area contributed by atoms with Crippen molar-refractivity contribution in [2.24, 2.45) is 4.40 Å². The van der Waals surface area contributed by atoms with Crippen LogP contribution in [0.2, 0.25) is 0 Å². The number of aryl methyl sites for hydroxylation is 2. The lowest BCUT2D eigenvalue weighted by Gasteiger charge is -2.07. The van der Waals surface area contributed by atoms with E-state index in [0.717, 1.165) is 11.1 Å². The zero-order valence-electron chi connectivity index (χ0n) is 17.0. The van der Waals surface area contributed by atoms with Crippen LogP contribution in [-0.2, 0) is 10.0 Å². The summed E-state index contributed by atoms with van der Waals surface area (Å²) < 4.78 is 29.9. The summed E-state index contributed by atoms with van der Waals surface area (Å²) in [5.41, 5.74) is 2.22. The predicted octanol–water partition coefficient (Wildman–Crippen LogP) is 4.55. The second kappa shape index (κ2) is 7.85. The highest BCUT2D eigenvalue weighted by Gasteiger charge is 2.26. The average molecular weight is 433 g/mol. The molecule has 0 aliphatic rings. The van der Waals surface area contributed by atoms with Gasteiger partial charge in [0.2, 0.25) is 5.78 Å². The molecule has 31 heavy (non-hydrogen) atoms. The first-order chi connectivity index (χ1) is 14.8. The zero-order chi connectivity index (χ0) is 22.2. The molecule has 3 aromatic carbocycles. The summed E-state index contributed by atoms with van der Waals surface area (Å²) in [6.45, 7) is 3.71. The molecule has 0 spiro atoms. The van der Waals surface area contributed by atoms with E-state index >= 15 is 0 Å². The van der Waals surface area contributed by atoms with Crippen molar-refractivity contribution in [3.63, 3.8) is 0 Å². The van der Waals surface area contributed by atoms with Gasteiger partial charge in [0.15, 0.2) is 11.5 Å². The van der Waals surface area contributed by atoms with E-state index in [-0.39, 0.29) is 27.6 Å². The summed E-state index contributed by atoms with van der Waals surface area (Å²) in [5.74, 6) is -0.837. The Morgan fingerprint density at radius 3 is 2.23 bits per heavy atom. The molecule has 0 fully saturated rings. The van der Waals surface area contributed by atoms with Gasteiger partial charge in [-0.05, 0) is 38.1 Å². The van der Waals surface area contributed by atoms with Crippen LogP contribution in [-0.4, -0.2) is 30.0 Å². The van der Waals surface area contributed by atoms with Crippen LogP contribution in [0.3, 0.4) is 0 Å². The number of rotatable bonds is 5. The smallest absolute Gasteiger partial charge is 0.283 e. The van der Waals surface area contributed by atoms with Gasteiger partial charge in [-0.2, -0.15) is 12.8 Å². The Morgan fingerprint density at radius 1 is 0.903 bits per heavy atom. The van der Waals surface area contributed by atoms with E-state index in [1.54, 1.807) is 54.6 Å². The number of carbonyl (C=O) groups is 1. The molecule has 0 unspecified atom stereocenters. The molecular weight excluding hydrogens is 412 g/mol. The molecule has 0 saturated heterocycles. The maximum atomic E-state index is 13.3. The second-order valence-corrected chi connectivity index (χ2v) is 8.92. The molecule has 4 aromatic rings. The fourth-order valence-electron chi connectivity index (χ4n) is 3.27. The summed E-state index contributed by atoms with van der Waals surface area (Å²) in [6, 6.07) is 19.8. The van der Waals surface area contributed by atoms with Gasteiger partial charge in [-0.25, -0.2) is 0 Å². The van der Waals surface area contributed by atoms with Gasteiger partial charge in [0.1, 0.15) is 5.69 Å². The SMILES string of the molecule is Cc1ccc(S(=O)(=O)/N=C(/C(=O)c2ccccc2)c2[nH]c3ccc(C)cc3c2O)cc1. The summed E-state index contributed by atoms with van der Waals surface area (Å²) in [4.78, 5) is 16.2. The van der Waals surface area contributed by atoms with Crippen molar-refractivity contribution in [3.8, 4) is 5.75 Å². The predicted molar refractivity (Wildman–Crippen MR) is 120 cm³/mol. The molecule has 0 aliphatic carbocycles. The first-order valence-corrected chi connectivity index (χ1v) is 11.0. The molecule has 4 rings (SSSR count). The third-order valence-corrected chi connectivity index (χ3v) is 6.24. The summed E-state index contributed by atoms with van der Waals surface area (Å²) >= 11 is 0. The fraction of sp³-hybridized carbons (Fsp3) is 0.0833. The lowest BCUT2D eigenvalue weighted by molar-refractivity contribution is 0.106. The molecule has 0 amide bonds. The van der Waals surface area contributed by atoms with Gasteiger partial charge < -0.3 is 10.1 Å². The first-order valence-electron chi connectivity index (χ1n) is 9.59. The number of nitrogens with zero attached hydrogens (tertiary/aromatic N) is 1. The lowest BCUT2D eigenvalue weighted by Crippen LogP contribution is -2.19. The lowest BCUT2D eigenvalue weighted by atomic mass is 10.0. The fourth-order valence-corrected chi connectivity index (χ4v) is 4.27. The number of sulfonamides is 1. The minimum absolute atomic E-state index is 0.0369. The Kier molecular flexibility index (Phi) is 5.20. The Hall–Kier alpha value is -3.71. The van der Waals surface area contributed by atoms with Crippen molar-refractivity contribution in [2.75, 3.05) is 0 Å². The average Bonchev–Trinajstić information content (AvgIpc) is 3.08. The van der Waals surface area contributed by atoms with E-state index in [9.17, 15) is 18.3 Å². The Balaban J connectivity index is 1.94. The molecule has 0 bridgehead atoms. The van der Waals surface area contributed by atoms with Crippen molar-refractivity contribution in [3.05, 3.63) is 95.2 Å². The maximum Gasteiger partial charge on any atom is 0.283 e. The van der Waals surface area contributed by atoms with Crippen LogP contribution in [0.5, 0.6) is 5.75 Å². The van der Waals surface area contributed by atoms with Crippen molar-refractivity contribution >= 4 is 32.4 Å². The van der Waals surface area contributed by atoms with Crippen LogP contribution in [0.1, 0.15) is 27.2 Å². The molecule has 1 aromatic heterocycles. The Morgan fingerprint density at radius 2 is 1.55 bits per heavy atom. The monoisotopic (exact) mass is 432 g/mol. The normalized spacial score (nSPS) is 12.3. The number of aromatic nitrogens is 1. The van der Waals surface area contributed by atoms with Crippen molar-refractivity contribution in [2.45, 2.75) is 18.7 Å². The minimum atomic E-state index is -4.20. The van der Waals surface area contributed by atoms with E-state index in [1.165, 1.54) is 12.1 Å². The molecule has 6 nitrogen and oxygen atoms in total. The van der Waals surface area contributed by atoms with Gasteiger partial charge >= 0.3 is 0 Å². The minimum Gasteiger partial charge on any atom is -0.505 e. The number of carbonyl (C=O) groups excluding carboxylic acids is 1. The molecule has 2 N–H and O–H groups in total. The van der Waals surface area contributed by atoms with E-state index in [0.29, 0.717) is 10.9 Å². The molecule has 0 atom stereocenters. The third-order valence-electron chi connectivity index (χ3n) is 4.94. The van der Waals surface area contributed by atoms with Gasteiger partial charge in [-0.3, -0.25) is 4.79 Å². The quantitative estimate of drug-likeness (QED) is 0.357. The van der Waals surface area contributed by atoms with Crippen LogP contribution in [0.15, 0.2) is 82.1 Å². The van der Waals surface area contributed by atoms with E-state index in [4.69, 9.17) is 0 Å². The Bertz CT molecular complexity index is 1420. The highest BCUT2D eigenvalue weighted by molar-refractivity contribution is 7.90. The van der Waals surface area contributed by atoms with Crippen molar-refractivity contribution in [1.82, 2.24) is 4.98 Å². The molecule has 0 aliphatic heterocycles. The standard InChI is InChI=1S/C24H20N2O4S/c1-15-8-11-18(12-9-15)31(29,30)26-22(23(27)17-6-4-3-5-7-17)21-24(28)19-14-16(2)10-13-20(19)25-21/h3-14,25,28H,1-2H3/b26-22+. The van der Waals surface area contributed by atoms with Gasteiger partial charge in [-0.15, -0.1) is 0 Å². The summed E-state index contributed by atoms with van der Waals surface area (Å²) in [5, 5.41) is 11.3. The molecule has 1 heterocycles. The number of ketones is 1. The van der Waals surface area contributed by atoms with Gasteiger partial charge in [0.05, 0.1) is 4.90 Å². The number of benzene rings is 3. The molecular formula is C24H20N2O4S. The highest BCUT2D eigenvalue weighted by atomic mass is 32.2. The number of Topliss-reactive ketones (excluding diaryl/α,β-unsaturated/α-hetero) is 1. The number of hydrogen-bond acceptors (Lipinski definition) is 4. The van der Waals surface area contributed by atoms with Gasteiger partial charge in [-0.1, -0.05) is 59.7 Å². The summed E-state index contributed by atoms with van der Waals surface area (Å²) in [7, 11) is -4.20. The number of H-pyrrole nitrogens is 1. The van der Waals surface area contributed by atoms with Gasteiger partial charge in [0, 0.05) is 16.5 Å². The Labute approximate surface area is 180 Å². The number of nitrogens with one attached hydrogen (secondary N) is 1. The van der Waals surface area contributed by atoms with E-state index in [1.807, 2.05) is 19.9 Å². The van der Waals surface area contributed by atoms with Crippen LogP contribution < -0.4 is 0 Å². The largest absolute Gasteiger partial charge is 0.505 e.